The molecule has 2 aliphatic heterocycles. The Morgan fingerprint density at radius 3 is 2.58 bits per heavy atom. The minimum Gasteiger partial charge on any atom is -0.492 e. The molecule has 9 nitrogen and oxygen atoms in total. The highest BCUT2D eigenvalue weighted by Crippen LogP contribution is 2.29. The number of ether oxygens (including phenoxy) is 2. The Labute approximate surface area is 233 Å². The summed E-state index contributed by atoms with van der Waals surface area (Å²) < 4.78 is 41.2. The molecule has 0 bridgehead atoms. The molecule has 0 radical (unpaired) electrons. The summed E-state index contributed by atoms with van der Waals surface area (Å²) in [6.45, 7) is 6.71. The molecule has 0 amide bonds. The zero-order valence-corrected chi connectivity index (χ0v) is 22.7. The second-order valence-electron chi connectivity index (χ2n) is 10.6. The van der Waals surface area contributed by atoms with Crippen molar-refractivity contribution in [3.05, 3.63) is 72.3 Å². The largest absolute Gasteiger partial charge is 0.492 e. The number of rotatable bonds is 11. The van der Waals surface area contributed by atoms with Gasteiger partial charge in [0.15, 0.2) is 0 Å². The summed E-state index contributed by atoms with van der Waals surface area (Å²) in [6, 6.07) is 11.6. The highest BCUT2D eigenvalue weighted by Gasteiger charge is 2.36. The van der Waals surface area contributed by atoms with Gasteiger partial charge in [0.05, 0.1) is 19.8 Å². The summed E-state index contributed by atoms with van der Waals surface area (Å²) in [6.07, 6.45) is 5.61. The maximum Gasteiger partial charge on any atom is 0.137 e. The normalized spacial score (nSPS) is 20.5. The highest BCUT2D eigenvalue weighted by molar-refractivity contribution is 5.47. The van der Waals surface area contributed by atoms with E-state index in [1.165, 1.54) is 29.5 Å². The molecule has 1 aromatic heterocycles. The molecule has 3 aromatic rings. The van der Waals surface area contributed by atoms with Crippen molar-refractivity contribution in [2.24, 2.45) is 0 Å². The lowest BCUT2D eigenvalue weighted by Gasteiger charge is -2.34. The predicted octanol–water partition coefficient (Wildman–Crippen LogP) is 3.12. The Hall–Kier alpha value is -3.12. The third kappa shape index (κ3) is 7.75. The van der Waals surface area contributed by atoms with Crippen LogP contribution >= 0.6 is 0 Å². The zero-order chi connectivity index (χ0) is 27.8. The molecule has 0 aliphatic carbocycles. The average Bonchev–Trinajstić information content (AvgIpc) is 3.36. The van der Waals surface area contributed by atoms with Crippen LogP contribution in [0.2, 0.25) is 0 Å². The minimum absolute atomic E-state index is 0.00853. The van der Waals surface area contributed by atoms with Crippen molar-refractivity contribution in [3.8, 4) is 5.75 Å². The van der Waals surface area contributed by atoms with E-state index in [0.717, 1.165) is 82.7 Å². The van der Waals surface area contributed by atoms with Crippen molar-refractivity contribution < 1.29 is 23.4 Å². The van der Waals surface area contributed by atoms with Gasteiger partial charge in [0, 0.05) is 56.1 Å². The summed E-state index contributed by atoms with van der Waals surface area (Å²) in [5.74, 6) is -0.600. The molecule has 2 saturated heterocycles. The molecule has 2 aromatic carbocycles. The van der Waals surface area contributed by atoms with E-state index in [9.17, 15) is 13.9 Å². The van der Waals surface area contributed by atoms with Crippen LogP contribution in [0.5, 0.6) is 5.75 Å². The van der Waals surface area contributed by atoms with Crippen LogP contribution in [-0.4, -0.2) is 94.8 Å². The van der Waals surface area contributed by atoms with Gasteiger partial charge in [0.25, 0.3) is 0 Å². The van der Waals surface area contributed by atoms with Crippen molar-refractivity contribution in [2.75, 3.05) is 64.4 Å². The number of hydrogen-bond acceptors (Lipinski definition) is 8. The van der Waals surface area contributed by atoms with Crippen LogP contribution in [0.4, 0.5) is 14.5 Å². The SMILES string of the molecule is OC(CN1CCCC(Nc2ccc(OCCN3CCOCC3)cc2)CC1)(Cn1cncn1)c1ccc(F)cc1F. The third-order valence-electron chi connectivity index (χ3n) is 7.63. The van der Waals surface area contributed by atoms with E-state index < -0.39 is 17.2 Å². The van der Waals surface area contributed by atoms with Gasteiger partial charge < -0.3 is 19.9 Å². The number of nitrogens with zero attached hydrogens (tertiary/aromatic N) is 5. The monoisotopic (exact) mass is 556 g/mol. The molecule has 2 fully saturated rings. The second-order valence-corrected chi connectivity index (χ2v) is 10.6. The van der Waals surface area contributed by atoms with Gasteiger partial charge in [-0.15, -0.1) is 0 Å². The third-order valence-corrected chi connectivity index (χ3v) is 7.63. The number of benzene rings is 2. The van der Waals surface area contributed by atoms with E-state index in [1.54, 1.807) is 0 Å². The van der Waals surface area contributed by atoms with E-state index >= 15 is 0 Å². The first-order valence-corrected chi connectivity index (χ1v) is 14.0. The first kappa shape index (κ1) is 28.4. The average molecular weight is 557 g/mol. The molecule has 0 saturated carbocycles. The van der Waals surface area contributed by atoms with Crippen LogP contribution in [0.15, 0.2) is 55.1 Å². The van der Waals surface area contributed by atoms with Crippen molar-refractivity contribution in [3.63, 3.8) is 0 Å². The predicted molar refractivity (Wildman–Crippen MR) is 147 cm³/mol. The van der Waals surface area contributed by atoms with Crippen LogP contribution in [-0.2, 0) is 16.9 Å². The molecule has 11 heteroatoms. The van der Waals surface area contributed by atoms with Crippen LogP contribution < -0.4 is 10.1 Å². The van der Waals surface area contributed by atoms with E-state index in [1.807, 2.05) is 24.3 Å². The first-order chi connectivity index (χ1) is 19.5. The van der Waals surface area contributed by atoms with Gasteiger partial charge in [-0.3, -0.25) is 9.80 Å². The Morgan fingerprint density at radius 2 is 1.82 bits per heavy atom. The van der Waals surface area contributed by atoms with Gasteiger partial charge in [-0.25, -0.2) is 18.4 Å². The van der Waals surface area contributed by atoms with Crippen molar-refractivity contribution in [1.82, 2.24) is 24.6 Å². The van der Waals surface area contributed by atoms with E-state index in [-0.39, 0.29) is 24.7 Å². The van der Waals surface area contributed by atoms with Gasteiger partial charge in [-0.1, -0.05) is 6.07 Å². The van der Waals surface area contributed by atoms with Crippen molar-refractivity contribution >= 4 is 5.69 Å². The van der Waals surface area contributed by atoms with E-state index in [2.05, 4.69) is 25.2 Å². The molecule has 3 heterocycles. The van der Waals surface area contributed by atoms with E-state index in [4.69, 9.17) is 9.47 Å². The number of nitrogens with one attached hydrogen (secondary N) is 1. The number of aromatic nitrogens is 3. The Bertz CT molecular complexity index is 1190. The molecular formula is C29H38F2N6O3. The van der Waals surface area contributed by atoms with Gasteiger partial charge in [-0.05, 0) is 56.1 Å². The second kappa shape index (κ2) is 13.5. The molecule has 2 N–H and O–H groups in total. The Morgan fingerprint density at radius 1 is 1.00 bits per heavy atom. The van der Waals surface area contributed by atoms with Crippen LogP contribution in [0.25, 0.3) is 0 Å². The van der Waals surface area contributed by atoms with Crippen molar-refractivity contribution in [1.29, 1.82) is 0 Å². The summed E-state index contributed by atoms with van der Waals surface area (Å²) >= 11 is 0. The minimum atomic E-state index is -1.60. The fourth-order valence-electron chi connectivity index (χ4n) is 5.50. The number of halogens is 2. The van der Waals surface area contributed by atoms with E-state index in [0.29, 0.717) is 6.61 Å². The number of likely N-dealkylation sites (tertiary alicyclic amines) is 1. The molecule has 0 spiro atoms. The highest BCUT2D eigenvalue weighted by atomic mass is 19.1. The Kier molecular flexibility index (Phi) is 9.58. The number of aliphatic hydroxyl groups is 1. The summed E-state index contributed by atoms with van der Waals surface area (Å²) in [5.41, 5.74) is -0.512. The summed E-state index contributed by atoms with van der Waals surface area (Å²) in [5, 5.41) is 19.4. The summed E-state index contributed by atoms with van der Waals surface area (Å²) in [7, 11) is 0. The maximum atomic E-state index is 14.8. The van der Waals surface area contributed by atoms with Gasteiger partial charge in [0.2, 0.25) is 0 Å². The lowest BCUT2D eigenvalue weighted by atomic mass is 9.92. The van der Waals surface area contributed by atoms with Gasteiger partial charge in [-0.2, -0.15) is 5.10 Å². The van der Waals surface area contributed by atoms with Gasteiger partial charge >= 0.3 is 0 Å². The molecular weight excluding hydrogens is 518 g/mol. The molecule has 5 rings (SSSR count). The lowest BCUT2D eigenvalue weighted by molar-refractivity contribution is -0.0209. The standard InChI is InChI=1S/C29H38F2N6O3/c30-23-3-8-27(28(31)18-23)29(38,20-37-22-32-21-33-37)19-36-10-1-2-24(9-11-36)34-25-4-6-26(7-5-25)40-17-14-35-12-15-39-16-13-35/h3-8,18,21-22,24,34,38H,1-2,9-17,19-20H2. The Balaban J connectivity index is 1.14. The number of anilines is 1. The number of hydrogen-bond donors (Lipinski definition) is 2. The quantitative estimate of drug-likeness (QED) is 0.373. The zero-order valence-electron chi connectivity index (χ0n) is 22.7. The smallest absolute Gasteiger partial charge is 0.137 e. The van der Waals surface area contributed by atoms with Crippen molar-refractivity contribution in [2.45, 2.75) is 37.5 Å². The fourth-order valence-corrected chi connectivity index (χ4v) is 5.50. The molecule has 40 heavy (non-hydrogen) atoms. The molecule has 2 atom stereocenters. The maximum absolute atomic E-state index is 14.8. The number of morpholine rings is 1. The number of β-amino-alcohol motifs (C(OH)–C–C–N with tert-alkyl or cyclic N) is 1. The molecule has 2 aliphatic rings. The summed E-state index contributed by atoms with van der Waals surface area (Å²) in [4.78, 5) is 8.43. The lowest BCUT2D eigenvalue weighted by Crippen LogP contribution is -2.45. The van der Waals surface area contributed by atoms with Crippen LogP contribution in [0, 0.1) is 11.6 Å². The van der Waals surface area contributed by atoms with Crippen LogP contribution in [0.3, 0.4) is 0 Å². The fraction of sp³-hybridized carbons (Fsp3) is 0.517. The molecule has 2 unspecified atom stereocenters. The first-order valence-electron chi connectivity index (χ1n) is 14.0. The van der Waals surface area contributed by atoms with Crippen LogP contribution in [0.1, 0.15) is 24.8 Å². The van der Waals surface area contributed by atoms with Gasteiger partial charge in [0.1, 0.15) is 42.2 Å². The molecule has 216 valence electrons. The topological polar surface area (TPSA) is 87.9 Å².